The van der Waals surface area contributed by atoms with E-state index < -0.39 is 0 Å². The van der Waals surface area contributed by atoms with Crippen LogP contribution >= 0.6 is 0 Å². The average Bonchev–Trinajstić information content (AvgIpc) is 3.01. The standard InChI is InChI=1S/C18H19NO4/c1-13-5-3-4-6-15(13)19(18(20)11-21-2)10-14-7-8-16-17(9-14)23-12-22-16/h3-9H,10-12H2,1-2H3. The Bertz CT molecular complexity index is 714. The average molecular weight is 313 g/mol. The second-order valence-corrected chi connectivity index (χ2v) is 5.39. The highest BCUT2D eigenvalue weighted by atomic mass is 16.7. The normalized spacial score (nSPS) is 12.3. The van der Waals surface area contributed by atoms with E-state index in [0.29, 0.717) is 12.3 Å². The number of ether oxygens (including phenoxy) is 3. The van der Waals surface area contributed by atoms with Gasteiger partial charge in [-0.15, -0.1) is 0 Å². The van der Waals surface area contributed by atoms with Crippen LogP contribution in [0.15, 0.2) is 42.5 Å². The number of methoxy groups -OCH3 is 1. The molecule has 0 unspecified atom stereocenters. The van der Waals surface area contributed by atoms with Crippen molar-refractivity contribution in [3.63, 3.8) is 0 Å². The Balaban J connectivity index is 1.90. The molecule has 0 aliphatic carbocycles. The first-order valence-corrected chi connectivity index (χ1v) is 7.42. The first-order chi connectivity index (χ1) is 11.2. The maximum absolute atomic E-state index is 12.5. The summed E-state index contributed by atoms with van der Waals surface area (Å²) >= 11 is 0. The van der Waals surface area contributed by atoms with Crippen LogP contribution in [0.4, 0.5) is 5.69 Å². The minimum Gasteiger partial charge on any atom is -0.454 e. The third-order valence-corrected chi connectivity index (χ3v) is 3.75. The Labute approximate surface area is 135 Å². The molecule has 3 rings (SSSR count). The van der Waals surface area contributed by atoms with E-state index in [-0.39, 0.29) is 19.3 Å². The molecular formula is C18H19NO4. The molecule has 0 saturated carbocycles. The minimum absolute atomic E-state index is 0.0406. The molecule has 0 N–H and O–H groups in total. The fourth-order valence-corrected chi connectivity index (χ4v) is 2.60. The fourth-order valence-electron chi connectivity index (χ4n) is 2.60. The van der Waals surface area contributed by atoms with Crippen LogP contribution in [-0.2, 0) is 16.1 Å². The van der Waals surface area contributed by atoms with Crippen molar-refractivity contribution in [3.05, 3.63) is 53.6 Å². The highest BCUT2D eigenvalue weighted by molar-refractivity contribution is 5.94. The number of carbonyl (C=O) groups excluding carboxylic acids is 1. The zero-order valence-corrected chi connectivity index (χ0v) is 13.2. The van der Waals surface area contributed by atoms with Gasteiger partial charge in [0, 0.05) is 12.8 Å². The van der Waals surface area contributed by atoms with Gasteiger partial charge in [0.1, 0.15) is 6.61 Å². The van der Waals surface area contributed by atoms with E-state index in [4.69, 9.17) is 14.2 Å². The quantitative estimate of drug-likeness (QED) is 0.851. The van der Waals surface area contributed by atoms with Gasteiger partial charge in [0.25, 0.3) is 5.91 Å². The first kappa shape index (κ1) is 15.4. The van der Waals surface area contributed by atoms with Crippen LogP contribution in [0.5, 0.6) is 11.5 Å². The number of carbonyl (C=O) groups is 1. The van der Waals surface area contributed by atoms with Crippen molar-refractivity contribution in [1.82, 2.24) is 0 Å². The molecule has 1 heterocycles. The van der Waals surface area contributed by atoms with Crippen LogP contribution in [0, 0.1) is 6.92 Å². The number of fused-ring (bicyclic) bond motifs is 1. The summed E-state index contributed by atoms with van der Waals surface area (Å²) in [4.78, 5) is 14.2. The monoisotopic (exact) mass is 313 g/mol. The molecule has 0 bridgehead atoms. The molecule has 1 amide bonds. The third-order valence-electron chi connectivity index (χ3n) is 3.75. The molecule has 2 aromatic rings. The van der Waals surface area contributed by atoms with Gasteiger partial charge >= 0.3 is 0 Å². The lowest BCUT2D eigenvalue weighted by molar-refractivity contribution is -0.122. The maximum Gasteiger partial charge on any atom is 0.253 e. The van der Waals surface area contributed by atoms with Crippen LogP contribution in [-0.4, -0.2) is 26.4 Å². The summed E-state index contributed by atoms with van der Waals surface area (Å²) in [5.74, 6) is 1.37. The molecular weight excluding hydrogens is 294 g/mol. The Kier molecular flexibility index (Phi) is 4.48. The lowest BCUT2D eigenvalue weighted by Crippen LogP contribution is -2.33. The van der Waals surface area contributed by atoms with Gasteiger partial charge in [0.05, 0.1) is 6.54 Å². The summed E-state index contributed by atoms with van der Waals surface area (Å²) in [6, 6.07) is 13.5. The van der Waals surface area contributed by atoms with Crippen molar-refractivity contribution >= 4 is 11.6 Å². The van der Waals surface area contributed by atoms with Gasteiger partial charge in [-0.25, -0.2) is 0 Å². The van der Waals surface area contributed by atoms with Crippen molar-refractivity contribution in [2.24, 2.45) is 0 Å². The molecule has 0 atom stereocenters. The van der Waals surface area contributed by atoms with Crippen LogP contribution in [0.3, 0.4) is 0 Å². The lowest BCUT2D eigenvalue weighted by Gasteiger charge is -2.24. The fraction of sp³-hybridized carbons (Fsp3) is 0.278. The number of benzene rings is 2. The molecule has 1 aliphatic heterocycles. The Morgan fingerprint density at radius 1 is 1.17 bits per heavy atom. The second kappa shape index (κ2) is 6.71. The number of amides is 1. The smallest absolute Gasteiger partial charge is 0.253 e. The SMILES string of the molecule is COCC(=O)N(Cc1ccc2c(c1)OCO2)c1ccccc1C. The molecule has 23 heavy (non-hydrogen) atoms. The molecule has 0 spiro atoms. The van der Waals surface area contributed by atoms with Crippen LogP contribution in [0.25, 0.3) is 0 Å². The molecule has 5 heteroatoms. The Hall–Kier alpha value is -2.53. The number of hydrogen-bond donors (Lipinski definition) is 0. The summed E-state index contributed by atoms with van der Waals surface area (Å²) in [7, 11) is 1.52. The van der Waals surface area contributed by atoms with Crippen molar-refractivity contribution < 1.29 is 19.0 Å². The zero-order chi connectivity index (χ0) is 16.2. The van der Waals surface area contributed by atoms with Crippen LogP contribution in [0.1, 0.15) is 11.1 Å². The van der Waals surface area contributed by atoms with Gasteiger partial charge in [0.15, 0.2) is 11.5 Å². The summed E-state index contributed by atoms with van der Waals surface area (Å²) in [6.07, 6.45) is 0. The molecule has 5 nitrogen and oxygen atoms in total. The van der Waals surface area contributed by atoms with Crippen molar-refractivity contribution in [2.75, 3.05) is 25.4 Å². The predicted octanol–water partition coefficient (Wildman–Crippen LogP) is 2.90. The van der Waals surface area contributed by atoms with Gasteiger partial charge in [-0.3, -0.25) is 4.79 Å². The Morgan fingerprint density at radius 3 is 2.74 bits per heavy atom. The van der Waals surface area contributed by atoms with Crippen molar-refractivity contribution in [2.45, 2.75) is 13.5 Å². The number of nitrogens with zero attached hydrogens (tertiary/aromatic N) is 1. The van der Waals surface area contributed by atoms with E-state index in [2.05, 4.69) is 0 Å². The van der Waals surface area contributed by atoms with Crippen LogP contribution in [0.2, 0.25) is 0 Å². The summed E-state index contributed by atoms with van der Waals surface area (Å²) in [5, 5.41) is 0. The molecule has 2 aromatic carbocycles. The maximum atomic E-state index is 12.5. The molecule has 0 saturated heterocycles. The van der Waals surface area contributed by atoms with Gasteiger partial charge in [-0.2, -0.15) is 0 Å². The third kappa shape index (κ3) is 3.29. The van der Waals surface area contributed by atoms with Crippen molar-refractivity contribution in [1.29, 1.82) is 0 Å². The second-order valence-electron chi connectivity index (χ2n) is 5.39. The largest absolute Gasteiger partial charge is 0.454 e. The minimum atomic E-state index is -0.0838. The van der Waals surface area contributed by atoms with Gasteiger partial charge < -0.3 is 19.1 Å². The molecule has 0 radical (unpaired) electrons. The molecule has 1 aliphatic rings. The van der Waals surface area contributed by atoms with Crippen molar-refractivity contribution in [3.8, 4) is 11.5 Å². The van der Waals surface area contributed by atoms with E-state index in [1.807, 2.05) is 49.4 Å². The highest BCUT2D eigenvalue weighted by Gasteiger charge is 2.20. The first-order valence-electron chi connectivity index (χ1n) is 7.42. The predicted molar refractivity (Wildman–Crippen MR) is 86.8 cm³/mol. The molecule has 0 aromatic heterocycles. The number of aryl methyl sites for hydroxylation is 1. The number of anilines is 1. The molecule has 120 valence electrons. The number of hydrogen-bond acceptors (Lipinski definition) is 4. The molecule has 0 fully saturated rings. The van der Waals surface area contributed by atoms with E-state index in [1.54, 1.807) is 4.90 Å². The van der Waals surface area contributed by atoms with Gasteiger partial charge in [-0.05, 0) is 36.2 Å². The highest BCUT2D eigenvalue weighted by Crippen LogP contribution is 2.33. The lowest BCUT2D eigenvalue weighted by atomic mass is 10.1. The van der Waals surface area contributed by atoms with E-state index in [9.17, 15) is 4.79 Å². The number of para-hydroxylation sites is 1. The number of rotatable bonds is 5. The summed E-state index contributed by atoms with van der Waals surface area (Å²) in [6.45, 7) is 2.72. The summed E-state index contributed by atoms with van der Waals surface area (Å²) in [5.41, 5.74) is 2.90. The van der Waals surface area contributed by atoms with E-state index in [1.165, 1.54) is 7.11 Å². The Morgan fingerprint density at radius 2 is 1.96 bits per heavy atom. The van der Waals surface area contributed by atoms with Crippen LogP contribution < -0.4 is 14.4 Å². The van der Waals surface area contributed by atoms with Gasteiger partial charge in [0.2, 0.25) is 6.79 Å². The van der Waals surface area contributed by atoms with E-state index in [0.717, 1.165) is 22.6 Å². The summed E-state index contributed by atoms with van der Waals surface area (Å²) < 4.78 is 15.8. The van der Waals surface area contributed by atoms with E-state index >= 15 is 0 Å². The zero-order valence-electron chi connectivity index (χ0n) is 13.2. The van der Waals surface area contributed by atoms with Gasteiger partial charge in [-0.1, -0.05) is 24.3 Å². The topological polar surface area (TPSA) is 48.0 Å².